The molecule has 1 aliphatic heterocycles. The number of hydrogen-bond acceptors (Lipinski definition) is 3. The molecule has 1 saturated heterocycles. The van der Waals surface area contributed by atoms with Crippen molar-refractivity contribution in [3.63, 3.8) is 0 Å². The first kappa shape index (κ1) is 12.5. The van der Waals surface area contributed by atoms with Gasteiger partial charge in [0.1, 0.15) is 0 Å². The van der Waals surface area contributed by atoms with Crippen LogP contribution in [0.25, 0.3) is 0 Å². The maximum Gasteiger partial charge on any atom is 0.242 e. The smallest absolute Gasteiger partial charge is 0.242 e. The fourth-order valence-electron chi connectivity index (χ4n) is 2.04. The van der Waals surface area contributed by atoms with Gasteiger partial charge in [0.2, 0.25) is 5.91 Å². The zero-order valence-corrected chi connectivity index (χ0v) is 10.3. The van der Waals surface area contributed by atoms with Gasteiger partial charge in [-0.3, -0.25) is 9.69 Å². The van der Waals surface area contributed by atoms with Crippen molar-refractivity contribution in [3.05, 3.63) is 0 Å². The summed E-state index contributed by atoms with van der Waals surface area (Å²) in [6, 6.07) is 0. The van der Waals surface area contributed by atoms with Gasteiger partial charge in [0.25, 0.3) is 0 Å². The first-order valence-electron chi connectivity index (χ1n) is 5.71. The number of piperazine rings is 1. The second-order valence-corrected chi connectivity index (χ2v) is 4.63. The number of nitrogens with one attached hydrogen (secondary N) is 1. The second-order valence-electron chi connectivity index (χ2n) is 4.63. The number of rotatable bonds is 4. The molecule has 1 fully saturated rings. The van der Waals surface area contributed by atoms with Crippen LogP contribution in [0, 0.1) is 0 Å². The maximum atomic E-state index is 12.0. The van der Waals surface area contributed by atoms with Crippen molar-refractivity contribution in [2.45, 2.75) is 26.3 Å². The summed E-state index contributed by atoms with van der Waals surface area (Å²) in [5, 5.41) is 3.29. The van der Waals surface area contributed by atoms with Gasteiger partial charge in [-0.2, -0.15) is 0 Å². The predicted octanol–water partition coefficient (Wildman–Crippen LogP) is 0.149. The van der Waals surface area contributed by atoms with Crippen LogP contribution >= 0.6 is 0 Å². The quantitative estimate of drug-likeness (QED) is 0.675. The molecule has 4 heteroatoms. The van der Waals surface area contributed by atoms with Gasteiger partial charge < -0.3 is 10.2 Å². The van der Waals surface area contributed by atoms with Crippen LogP contribution in [-0.4, -0.2) is 61.0 Å². The molecule has 0 bridgehead atoms. The first-order chi connectivity index (χ1) is 7.00. The molecule has 0 atom stereocenters. The first-order valence-corrected chi connectivity index (χ1v) is 5.71. The number of carbonyl (C=O) groups is 1. The van der Waals surface area contributed by atoms with E-state index in [1.165, 1.54) is 0 Å². The van der Waals surface area contributed by atoms with Crippen molar-refractivity contribution in [1.29, 1.82) is 0 Å². The van der Waals surface area contributed by atoms with E-state index in [2.05, 4.69) is 17.1 Å². The predicted molar refractivity (Wildman–Crippen MR) is 61.8 cm³/mol. The van der Waals surface area contributed by atoms with Crippen LogP contribution < -0.4 is 5.32 Å². The lowest BCUT2D eigenvalue weighted by Crippen LogP contribution is -2.62. The monoisotopic (exact) mass is 213 g/mol. The van der Waals surface area contributed by atoms with E-state index in [1.54, 1.807) is 0 Å². The van der Waals surface area contributed by atoms with Gasteiger partial charge in [0.15, 0.2) is 0 Å². The summed E-state index contributed by atoms with van der Waals surface area (Å²) in [5.74, 6) is 0.227. The van der Waals surface area contributed by atoms with Crippen LogP contribution in [0.15, 0.2) is 0 Å². The molecular weight excluding hydrogens is 190 g/mol. The molecule has 88 valence electrons. The molecule has 0 radical (unpaired) electrons. The van der Waals surface area contributed by atoms with Crippen LogP contribution in [-0.2, 0) is 4.79 Å². The molecule has 0 unspecified atom stereocenters. The Hall–Kier alpha value is -0.610. The normalized spacial score (nSPS) is 22.1. The standard InChI is InChI=1S/C11H23N3O/c1-5-12-6-7-14-9-8-13(4)10(15)11(14,2)3/h12H,5-9H2,1-4H3. The van der Waals surface area contributed by atoms with E-state index in [0.29, 0.717) is 0 Å². The highest BCUT2D eigenvalue weighted by Gasteiger charge is 2.39. The van der Waals surface area contributed by atoms with E-state index in [1.807, 2.05) is 25.8 Å². The molecule has 0 aliphatic carbocycles. The third kappa shape index (κ3) is 2.69. The third-order valence-corrected chi connectivity index (χ3v) is 3.17. The summed E-state index contributed by atoms with van der Waals surface area (Å²) in [4.78, 5) is 16.0. The molecule has 1 amide bonds. The number of carbonyl (C=O) groups excluding carboxylic acids is 1. The van der Waals surface area contributed by atoms with Gasteiger partial charge >= 0.3 is 0 Å². The van der Waals surface area contributed by atoms with Crippen molar-refractivity contribution < 1.29 is 4.79 Å². The summed E-state index contributed by atoms with van der Waals surface area (Å²) in [6.45, 7) is 10.8. The van der Waals surface area contributed by atoms with Crippen molar-refractivity contribution in [2.75, 3.05) is 39.8 Å². The molecule has 1 N–H and O–H groups in total. The molecule has 15 heavy (non-hydrogen) atoms. The number of likely N-dealkylation sites (N-methyl/N-ethyl adjacent to an activating group) is 2. The Morgan fingerprint density at radius 2 is 2.07 bits per heavy atom. The fraction of sp³-hybridized carbons (Fsp3) is 0.909. The number of hydrogen-bond donors (Lipinski definition) is 1. The van der Waals surface area contributed by atoms with Gasteiger partial charge in [-0.15, -0.1) is 0 Å². The minimum atomic E-state index is -0.345. The Balaban J connectivity index is 2.54. The summed E-state index contributed by atoms with van der Waals surface area (Å²) in [5.41, 5.74) is -0.345. The van der Waals surface area contributed by atoms with E-state index >= 15 is 0 Å². The van der Waals surface area contributed by atoms with Crippen LogP contribution in [0.3, 0.4) is 0 Å². The Labute approximate surface area is 92.6 Å². The third-order valence-electron chi connectivity index (χ3n) is 3.17. The molecule has 0 aromatic carbocycles. The summed E-state index contributed by atoms with van der Waals surface area (Å²) < 4.78 is 0. The van der Waals surface area contributed by atoms with Gasteiger partial charge in [-0.05, 0) is 20.4 Å². The van der Waals surface area contributed by atoms with Crippen LogP contribution in [0.2, 0.25) is 0 Å². The minimum absolute atomic E-state index is 0.227. The average molecular weight is 213 g/mol. The summed E-state index contributed by atoms with van der Waals surface area (Å²) in [6.07, 6.45) is 0. The van der Waals surface area contributed by atoms with Crippen LogP contribution in [0.5, 0.6) is 0 Å². The molecular formula is C11H23N3O. The van der Waals surface area contributed by atoms with E-state index in [4.69, 9.17) is 0 Å². The minimum Gasteiger partial charge on any atom is -0.343 e. The Kier molecular flexibility index (Phi) is 4.11. The second kappa shape index (κ2) is 4.94. The van der Waals surface area contributed by atoms with Crippen molar-refractivity contribution in [1.82, 2.24) is 15.1 Å². The van der Waals surface area contributed by atoms with E-state index in [-0.39, 0.29) is 11.4 Å². The van der Waals surface area contributed by atoms with Gasteiger partial charge in [-0.1, -0.05) is 6.92 Å². The lowest BCUT2D eigenvalue weighted by Gasteiger charge is -2.44. The number of amides is 1. The Morgan fingerprint density at radius 3 is 2.67 bits per heavy atom. The highest BCUT2D eigenvalue weighted by atomic mass is 16.2. The van der Waals surface area contributed by atoms with Gasteiger partial charge in [-0.25, -0.2) is 0 Å². The number of nitrogens with zero attached hydrogens (tertiary/aromatic N) is 2. The van der Waals surface area contributed by atoms with Crippen molar-refractivity contribution >= 4 is 5.91 Å². The van der Waals surface area contributed by atoms with Crippen molar-refractivity contribution in [2.24, 2.45) is 0 Å². The summed E-state index contributed by atoms with van der Waals surface area (Å²) in [7, 11) is 1.88. The fourth-order valence-corrected chi connectivity index (χ4v) is 2.04. The molecule has 0 aromatic heterocycles. The Morgan fingerprint density at radius 1 is 1.40 bits per heavy atom. The molecule has 1 rings (SSSR count). The van der Waals surface area contributed by atoms with Gasteiger partial charge in [0.05, 0.1) is 5.54 Å². The molecule has 1 heterocycles. The average Bonchev–Trinajstić information content (AvgIpc) is 2.19. The molecule has 0 spiro atoms. The SMILES string of the molecule is CCNCCN1CCN(C)C(=O)C1(C)C. The van der Waals surface area contributed by atoms with E-state index < -0.39 is 0 Å². The zero-order chi connectivity index (χ0) is 11.5. The Bertz CT molecular complexity index is 228. The highest BCUT2D eigenvalue weighted by Crippen LogP contribution is 2.20. The zero-order valence-electron chi connectivity index (χ0n) is 10.3. The molecule has 1 aliphatic rings. The molecule has 4 nitrogen and oxygen atoms in total. The van der Waals surface area contributed by atoms with E-state index in [0.717, 1.165) is 32.7 Å². The maximum absolute atomic E-state index is 12.0. The topological polar surface area (TPSA) is 35.6 Å². The van der Waals surface area contributed by atoms with E-state index in [9.17, 15) is 4.79 Å². The highest BCUT2D eigenvalue weighted by molar-refractivity contribution is 5.86. The largest absolute Gasteiger partial charge is 0.343 e. The lowest BCUT2D eigenvalue weighted by atomic mass is 9.98. The van der Waals surface area contributed by atoms with Crippen molar-refractivity contribution in [3.8, 4) is 0 Å². The van der Waals surface area contributed by atoms with Gasteiger partial charge in [0, 0.05) is 33.2 Å². The summed E-state index contributed by atoms with van der Waals surface area (Å²) >= 11 is 0. The van der Waals surface area contributed by atoms with Crippen LogP contribution in [0.1, 0.15) is 20.8 Å². The van der Waals surface area contributed by atoms with Crippen LogP contribution in [0.4, 0.5) is 0 Å². The lowest BCUT2D eigenvalue weighted by molar-refractivity contribution is -0.146. The molecule has 0 aromatic rings. The molecule has 0 saturated carbocycles.